The molecule has 0 aliphatic carbocycles. The normalized spacial score (nSPS) is 14.7. The number of fused-ring (bicyclic) bond motifs is 1. The van der Waals surface area contributed by atoms with Crippen LogP contribution in [0.5, 0.6) is 0 Å². The van der Waals surface area contributed by atoms with Crippen LogP contribution < -0.4 is 0 Å². The van der Waals surface area contributed by atoms with Crippen molar-refractivity contribution in [1.82, 2.24) is 14.5 Å². The Bertz CT molecular complexity index is 1250. The number of carbonyl (C=O) groups is 1. The van der Waals surface area contributed by atoms with Crippen molar-refractivity contribution in [3.05, 3.63) is 100 Å². The molecule has 0 spiro atoms. The van der Waals surface area contributed by atoms with Gasteiger partial charge in [-0.25, -0.2) is 4.98 Å². The molecule has 1 aliphatic rings. The molecule has 1 aliphatic heterocycles. The molecule has 168 valence electrons. The Labute approximate surface area is 199 Å². The summed E-state index contributed by atoms with van der Waals surface area (Å²) in [6.07, 6.45) is 6.66. The van der Waals surface area contributed by atoms with E-state index >= 15 is 0 Å². The average Bonchev–Trinajstić information content (AvgIpc) is 3.49. The molecule has 3 heterocycles. The summed E-state index contributed by atoms with van der Waals surface area (Å²) in [5.74, 6) is 0.134. The standard InChI is InChI=1S/C28H28ClN3O/c1-20-8-10-21(11-9-20)18-32-19-25(23-6-2-3-7-26(23)32)24(22-12-13-27(29)30-17-22)16-28(33)31-14-4-5-15-31/h2-3,6-13,17,19,24H,4-5,14-16,18H2,1H3. The third-order valence-corrected chi connectivity index (χ3v) is 6.88. The number of hydrogen-bond acceptors (Lipinski definition) is 2. The first kappa shape index (κ1) is 21.7. The van der Waals surface area contributed by atoms with Crippen molar-refractivity contribution < 1.29 is 4.79 Å². The van der Waals surface area contributed by atoms with Crippen molar-refractivity contribution in [3.8, 4) is 0 Å². The smallest absolute Gasteiger partial charge is 0.223 e. The Hall–Kier alpha value is -3.11. The van der Waals surface area contributed by atoms with E-state index in [0.717, 1.165) is 43.6 Å². The zero-order valence-electron chi connectivity index (χ0n) is 18.9. The lowest BCUT2D eigenvalue weighted by atomic mass is 9.88. The van der Waals surface area contributed by atoms with Crippen LogP contribution in [0.25, 0.3) is 10.9 Å². The van der Waals surface area contributed by atoms with E-state index in [2.05, 4.69) is 71.2 Å². The van der Waals surface area contributed by atoms with Gasteiger partial charge in [0.1, 0.15) is 5.15 Å². The van der Waals surface area contributed by atoms with Crippen LogP contribution in [0.3, 0.4) is 0 Å². The van der Waals surface area contributed by atoms with E-state index in [-0.39, 0.29) is 11.8 Å². The van der Waals surface area contributed by atoms with Gasteiger partial charge in [0.15, 0.2) is 0 Å². The van der Waals surface area contributed by atoms with Crippen LogP contribution in [0.1, 0.15) is 47.4 Å². The van der Waals surface area contributed by atoms with Crippen LogP contribution >= 0.6 is 11.6 Å². The highest BCUT2D eigenvalue weighted by Crippen LogP contribution is 2.36. The number of nitrogens with zero attached hydrogens (tertiary/aromatic N) is 3. The summed E-state index contributed by atoms with van der Waals surface area (Å²) < 4.78 is 2.30. The van der Waals surface area contributed by atoms with Crippen LogP contribution in [0.15, 0.2) is 73.1 Å². The van der Waals surface area contributed by atoms with Crippen molar-refractivity contribution >= 4 is 28.4 Å². The quantitative estimate of drug-likeness (QED) is 0.324. The fourth-order valence-electron chi connectivity index (χ4n) is 4.84. The van der Waals surface area contributed by atoms with Gasteiger partial charge in [-0.2, -0.15) is 0 Å². The van der Waals surface area contributed by atoms with E-state index in [1.54, 1.807) is 0 Å². The first-order chi connectivity index (χ1) is 16.1. The highest BCUT2D eigenvalue weighted by Gasteiger charge is 2.26. The summed E-state index contributed by atoms with van der Waals surface area (Å²) in [6, 6.07) is 21.0. The highest BCUT2D eigenvalue weighted by atomic mass is 35.5. The number of hydrogen-bond donors (Lipinski definition) is 0. The molecule has 1 unspecified atom stereocenters. The largest absolute Gasteiger partial charge is 0.343 e. The van der Waals surface area contributed by atoms with Gasteiger partial charge in [0.25, 0.3) is 0 Å². The number of para-hydroxylation sites is 1. The second-order valence-electron chi connectivity index (χ2n) is 8.97. The summed E-state index contributed by atoms with van der Waals surface area (Å²) >= 11 is 6.08. The third kappa shape index (κ3) is 4.67. The predicted molar refractivity (Wildman–Crippen MR) is 134 cm³/mol. The van der Waals surface area contributed by atoms with Gasteiger partial charge in [0, 0.05) is 55.3 Å². The molecule has 0 N–H and O–H groups in total. The lowest BCUT2D eigenvalue weighted by Gasteiger charge is -2.21. The molecule has 1 saturated heterocycles. The van der Waals surface area contributed by atoms with Crippen LogP contribution in [-0.4, -0.2) is 33.4 Å². The topological polar surface area (TPSA) is 38.1 Å². The first-order valence-electron chi connectivity index (χ1n) is 11.6. The SMILES string of the molecule is Cc1ccc(Cn2cc(C(CC(=O)N3CCCC3)c3ccc(Cl)nc3)c3ccccc32)cc1. The summed E-state index contributed by atoms with van der Waals surface area (Å²) in [5.41, 5.74) is 5.87. The van der Waals surface area contributed by atoms with Gasteiger partial charge in [-0.3, -0.25) is 4.79 Å². The van der Waals surface area contributed by atoms with Crippen molar-refractivity contribution in [1.29, 1.82) is 0 Å². The summed E-state index contributed by atoms with van der Waals surface area (Å²) in [5, 5.41) is 1.64. The molecule has 1 amide bonds. The molecule has 2 aromatic heterocycles. The third-order valence-electron chi connectivity index (χ3n) is 6.66. The second-order valence-corrected chi connectivity index (χ2v) is 9.36. The lowest BCUT2D eigenvalue weighted by molar-refractivity contribution is -0.130. The van der Waals surface area contributed by atoms with Crippen molar-refractivity contribution in [2.24, 2.45) is 0 Å². The number of benzene rings is 2. The number of pyridine rings is 1. The minimum Gasteiger partial charge on any atom is -0.343 e. The molecule has 0 radical (unpaired) electrons. The Morgan fingerprint density at radius 1 is 1.03 bits per heavy atom. The molecule has 4 nitrogen and oxygen atoms in total. The molecule has 0 saturated carbocycles. The van der Waals surface area contributed by atoms with Gasteiger partial charge in [0.2, 0.25) is 5.91 Å². The number of likely N-dealkylation sites (tertiary alicyclic amines) is 1. The van der Waals surface area contributed by atoms with Gasteiger partial charge in [-0.1, -0.05) is 65.7 Å². The van der Waals surface area contributed by atoms with E-state index in [9.17, 15) is 4.79 Å². The molecule has 1 atom stereocenters. The number of amides is 1. The van der Waals surface area contributed by atoms with Gasteiger partial charge < -0.3 is 9.47 Å². The zero-order valence-corrected chi connectivity index (χ0v) is 19.6. The maximum atomic E-state index is 13.2. The lowest BCUT2D eigenvalue weighted by Crippen LogP contribution is -2.29. The van der Waals surface area contributed by atoms with Crippen molar-refractivity contribution in [2.45, 2.75) is 38.6 Å². The Morgan fingerprint density at radius 2 is 1.79 bits per heavy atom. The van der Waals surface area contributed by atoms with Crippen molar-refractivity contribution in [3.63, 3.8) is 0 Å². The van der Waals surface area contributed by atoms with Crippen LogP contribution in [0, 0.1) is 6.92 Å². The van der Waals surface area contributed by atoms with Gasteiger partial charge in [-0.15, -0.1) is 0 Å². The molecule has 5 heteroatoms. The molecular weight excluding hydrogens is 430 g/mol. The Morgan fingerprint density at radius 3 is 2.52 bits per heavy atom. The van der Waals surface area contributed by atoms with E-state index < -0.39 is 0 Å². The number of aryl methyl sites for hydroxylation is 1. The Kier molecular flexibility index (Phi) is 6.19. The van der Waals surface area contributed by atoms with E-state index in [1.165, 1.54) is 22.0 Å². The van der Waals surface area contributed by atoms with Crippen LogP contribution in [-0.2, 0) is 11.3 Å². The number of aromatic nitrogens is 2. The Balaban J connectivity index is 1.56. The molecule has 1 fully saturated rings. The monoisotopic (exact) mass is 457 g/mol. The predicted octanol–water partition coefficient (Wildman–Crippen LogP) is 6.19. The van der Waals surface area contributed by atoms with Crippen LogP contribution in [0.4, 0.5) is 0 Å². The first-order valence-corrected chi connectivity index (χ1v) is 12.0. The van der Waals surface area contributed by atoms with E-state index in [0.29, 0.717) is 11.6 Å². The zero-order chi connectivity index (χ0) is 22.8. The minimum atomic E-state index is -0.0768. The van der Waals surface area contributed by atoms with E-state index in [4.69, 9.17) is 11.6 Å². The fraction of sp³-hybridized carbons (Fsp3) is 0.286. The average molecular weight is 458 g/mol. The number of halogens is 1. The second kappa shape index (κ2) is 9.40. The summed E-state index contributed by atoms with van der Waals surface area (Å²) in [6.45, 7) is 4.61. The van der Waals surface area contributed by atoms with Crippen molar-refractivity contribution in [2.75, 3.05) is 13.1 Å². The number of carbonyl (C=O) groups excluding carboxylic acids is 1. The number of rotatable bonds is 6. The maximum Gasteiger partial charge on any atom is 0.223 e. The molecule has 4 aromatic rings. The van der Waals surface area contributed by atoms with E-state index in [1.807, 2.05) is 23.2 Å². The fourth-order valence-corrected chi connectivity index (χ4v) is 4.96. The summed E-state index contributed by atoms with van der Waals surface area (Å²) in [7, 11) is 0. The van der Waals surface area contributed by atoms with Gasteiger partial charge >= 0.3 is 0 Å². The van der Waals surface area contributed by atoms with Gasteiger partial charge in [0.05, 0.1) is 0 Å². The maximum absolute atomic E-state index is 13.2. The molecular formula is C28H28ClN3O. The summed E-state index contributed by atoms with van der Waals surface area (Å²) in [4.78, 5) is 19.5. The molecule has 0 bridgehead atoms. The molecule has 2 aromatic carbocycles. The van der Waals surface area contributed by atoms with Crippen LogP contribution in [0.2, 0.25) is 5.15 Å². The molecule has 5 rings (SSSR count). The van der Waals surface area contributed by atoms with Gasteiger partial charge in [-0.05, 0) is 48.6 Å². The molecule has 33 heavy (non-hydrogen) atoms. The highest BCUT2D eigenvalue weighted by molar-refractivity contribution is 6.29. The minimum absolute atomic E-state index is 0.0768.